The predicted molar refractivity (Wildman–Crippen MR) is 70.6 cm³/mol. The summed E-state index contributed by atoms with van der Waals surface area (Å²) in [5.41, 5.74) is 1.08. The summed E-state index contributed by atoms with van der Waals surface area (Å²) in [5, 5.41) is 12.5. The molecule has 98 valence electrons. The Morgan fingerprint density at radius 3 is 2.63 bits per heavy atom. The standard InChI is InChI=1S/C13H12ClN3O2/c14-10-2-1-9(8-15)11(7-10)16-5-6-17-12(18)3-4-13(17)19/h1-2,7,16H,3-6H2. The third-order valence-corrected chi connectivity index (χ3v) is 3.14. The molecule has 1 N–H and O–H groups in total. The molecule has 1 aliphatic rings. The molecule has 0 atom stereocenters. The Hall–Kier alpha value is -2.06. The molecule has 1 saturated heterocycles. The summed E-state index contributed by atoms with van der Waals surface area (Å²) in [7, 11) is 0. The van der Waals surface area contributed by atoms with Gasteiger partial charge in [0.1, 0.15) is 6.07 Å². The lowest BCUT2D eigenvalue weighted by Crippen LogP contribution is -2.33. The molecule has 1 fully saturated rings. The first-order valence-electron chi connectivity index (χ1n) is 5.88. The molecular weight excluding hydrogens is 266 g/mol. The Balaban J connectivity index is 1.96. The number of nitrogens with zero attached hydrogens (tertiary/aromatic N) is 2. The Labute approximate surface area is 115 Å². The smallest absolute Gasteiger partial charge is 0.229 e. The van der Waals surface area contributed by atoms with Crippen molar-refractivity contribution >= 4 is 29.1 Å². The summed E-state index contributed by atoms with van der Waals surface area (Å²) >= 11 is 5.86. The first-order chi connectivity index (χ1) is 9.11. The number of rotatable bonds is 4. The van der Waals surface area contributed by atoms with Crippen LogP contribution < -0.4 is 5.32 Å². The van der Waals surface area contributed by atoms with Gasteiger partial charge in [-0.05, 0) is 18.2 Å². The zero-order valence-electron chi connectivity index (χ0n) is 10.1. The largest absolute Gasteiger partial charge is 0.382 e. The second-order valence-electron chi connectivity index (χ2n) is 4.17. The lowest BCUT2D eigenvalue weighted by atomic mass is 10.2. The van der Waals surface area contributed by atoms with E-state index in [1.165, 1.54) is 4.90 Å². The van der Waals surface area contributed by atoms with E-state index in [1.807, 2.05) is 0 Å². The summed E-state index contributed by atoms with van der Waals surface area (Å²) in [5.74, 6) is -0.281. The van der Waals surface area contributed by atoms with Crippen LogP contribution in [0.25, 0.3) is 0 Å². The number of imide groups is 1. The van der Waals surface area contributed by atoms with Crippen molar-refractivity contribution in [1.82, 2.24) is 4.90 Å². The molecule has 5 nitrogen and oxygen atoms in total. The third-order valence-electron chi connectivity index (χ3n) is 2.91. The maximum absolute atomic E-state index is 11.4. The molecule has 19 heavy (non-hydrogen) atoms. The Bertz CT molecular complexity index is 549. The first kappa shape index (κ1) is 13.4. The molecule has 2 rings (SSSR count). The molecule has 1 aliphatic heterocycles. The number of benzene rings is 1. The summed E-state index contributed by atoms with van der Waals surface area (Å²) < 4.78 is 0. The number of hydrogen-bond donors (Lipinski definition) is 1. The molecule has 0 aromatic heterocycles. The molecule has 1 heterocycles. The van der Waals surface area contributed by atoms with Gasteiger partial charge in [0.25, 0.3) is 0 Å². The second-order valence-corrected chi connectivity index (χ2v) is 4.60. The fourth-order valence-corrected chi connectivity index (χ4v) is 2.11. The highest BCUT2D eigenvalue weighted by molar-refractivity contribution is 6.30. The van der Waals surface area contributed by atoms with Gasteiger partial charge in [0, 0.05) is 31.0 Å². The third kappa shape index (κ3) is 3.04. The second kappa shape index (κ2) is 5.72. The minimum atomic E-state index is -0.140. The van der Waals surface area contributed by atoms with Gasteiger partial charge in [-0.2, -0.15) is 5.26 Å². The Kier molecular flexibility index (Phi) is 4.03. The summed E-state index contributed by atoms with van der Waals surface area (Å²) in [6.45, 7) is 0.696. The highest BCUT2D eigenvalue weighted by atomic mass is 35.5. The van der Waals surface area contributed by atoms with Crippen molar-refractivity contribution in [3.05, 3.63) is 28.8 Å². The number of hydrogen-bond acceptors (Lipinski definition) is 4. The monoisotopic (exact) mass is 277 g/mol. The SMILES string of the molecule is N#Cc1ccc(Cl)cc1NCCN1C(=O)CCC1=O. The van der Waals surface area contributed by atoms with Crippen molar-refractivity contribution in [3.63, 3.8) is 0 Å². The van der Waals surface area contributed by atoms with E-state index in [-0.39, 0.29) is 11.8 Å². The van der Waals surface area contributed by atoms with Crippen molar-refractivity contribution in [2.45, 2.75) is 12.8 Å². The van der Waals surface area contributed by atoms with Crippen LogP contribution in [0.2, 0.25) is 5.02 Å². The molecule has 0 radical (unpaired) electrons. The average Bonchev–Trinajstić information content (AvgIpc) is 2.70. The normalized spacial score (nSPS) is 14.6. The number of halogens is 1. The maximum Gasteiger partial charge on any atom is 0.229 e. The van der Waals surface area contributed by atoms with Crippen LogP contribution in [-0.4, -0.2) is 29.8 Å². The Morgan fingerprint density at radius 1 is 1.32 bits per heavy atom. The van der Waals surface area contributed by atoms with Crippen LogP contribution in [0.3, 0.4) is 0 Å². The fraction of sp³-hybridized carbons (Fsp3) is 0.308. The summed E-state index contributed by atoms with van der Waals surface area (Å²) in [4.78, 5) is 24.1. The first-order valence-corrected chi connectivity index (χ1v) is 6.26. The van der Waals surface area contributed by atoms with Crippen LogP contribution in [0.15, 0.2) is 18.2 Å². The van der Waals surface area contributed by atoms with E-state index in [9.17, 15) is 9.59 Å². The lowest BCUT2D eigenvalue weighted by Gasteiger charge is -2.15. The van der Waals surface area contributed by atoms with Crippen molar-refractivity contribution in [1.29, 1.82) is 5.26 Å². The van der Waals surface area contributed by atoms with Gasteiger partial charge in [0.2, 0.25) is 11.8 Å². The molecular formula is C13H12ClN3O2. The number of nitriles is 1. The Morgan fingerprint density at radius 2 is 2.00 bits per heavy atom. The van der Waals surface area contributed by atoms with Crippen LogP contribution >= 0.6 is 11.6 Å². The number of carbonyl (C=O) groups is 2. The van der Waals surface area contributed by atoms with E-state index >= 15 is 0 Å². The molecule has 0 bridgehead atoms. The number of anilines is 1. The molecule has 1 aromatic carbocycles. The van der Waals surface area contributed by atoms with E-state index in [0.717, 1.165) is 0 Å². The molecule has 6 heteroatoms. The number of amides is 2. The van der Waals surface area contributed by atoms with Crippen molar-refractivity contribution in [2.24, 2.45) is 0 Å². The van der Waals surface area contributed by atoms with Crippen molar-refractivity contribution < 1.29 is 9.59 Å². The predicted octanol–water partition coefficient (Wildman–Crippen LogP) is 1.77. The maximum atomic E-state index is 11.4. The lowest BCUT2D eigenvalue weighted by molar-refractivity contribution is -0.138. The van der Waals surface area contributed by atoms with Crippen LogP contribution in [0, 0.1) is 11.3 Å². The van der Waals surface area contributed by atoms with Crippen LogP contribution in [-0.2, 0) is 9.59 Å². The van der Waals surface area contributed by atoms with Gasteiger partial charge in [0.15, 0.2) is 0 Å². The van der Waals surface area contributed by atoms with Gasteiger partial charge in [-0.1, -0.05) is 11.6 Å². The van der Waals surface area contributed by atoms with Gasteiger partial charge in [-0.25, -0.2) is 0 Å². The quantitative estimate of drug-likeness (QED) is 0.851. The average molecular weight is 278 g/mol. The number of nitrogens with one attached hydrogen (secondary N) is 1. The zero-order chi connectivity index (χ0) is 13.8. The highest BCUT2D eigenvalue weighted by Crippen LogP contribution is 2.20. The van der Waals surface area contributed by atoms with Gasteiger partial charge in [0.05, 0.1) is 11.3 Å². The van der Waals surface area contributed by atoms with Crippen LogP contribution in [0.1, 0.15) is 18.4 Å². The van der Waals surface area contributed by atoms with Crippen LogP contribution in [0.4, 0.5) is 5.69 Å². The van der Waals surface area contributed by atoms with Gasteiger partial charge >= 0.3 is 0 Å². The van der Waals surface area contributed by atoms with Gasteiger partial charge < -0.3 is 5.32 Å². The van der Waals surface area contributed by atoms with E-state index in [2.05, 4.69) is 11.4 Å². The van der Waals surface area contributed by atoms with E-state index < -0.39 is 0 Å². The minimum Gasteiger partial charge on any atom is -0.382 e. The van der Waals surface area contributed by atoms with Crippen molar-refractivity contribution in [3.8, 4) is 6.07 Å². The van der Waals surface area contributed by atoms with E-state index in [1.54, 1.807) is 18.2 Å². The summed E-state index contributed by atoms with van der Waals surface area (Å²) in [6.07, 6.45) is 0.582. The molecule has 0 spiro atoms. The highest BCUT2D eigenvalue weighted by Gasteiger charge is 2.27. The van der Waals surface area contributed by atoms with Crippen LogP contribution in [0.5, 0.6) is 0 Å². The molecule has 0 aliphatic carbocycles. The molecule has 2 amide bonds. The van der Waals surface area contributed by atoms with Gasteiger partial charge in [-0.15, -0.1) is 0 Å². The van der Waals surface area contributed by atoms with Crippen molar-refractivity contribution in [2.75, 3.05) is 18.4 Å². The zero-order valence-corrected chi connectivity index (χ0v) is 10.9. The summed E-state index contributed by atoms with van der Waals surface area (Å²) in [6, 6.07) is 6.96. The van der Waals surface area contributed by atoms with E-state index in [0.29, 0.717) is 42.2 Å². The van der Waals surface area contributed by atoms with E-state index in [4.69, 9.17) is 16.9 Å². The molecule has 0 unspecified atom stereocenters. The molecule has 1 aromatic rings. The fourth-order valence-electron chi connectivity index (χ4n) is 1.93. The number of carbonyl (C=O) groups excluding carboxylic acids is 2. The molecule has 0 saturated carbocycles. The minimum absolute atomic E-state index is 0.140. The number of likely N-dealkylation sites (tertiary alicyclic amines) is 1. The van der Waals surface area contributed by atoms with Gasteiger partial charge in [-0.3, -0.25) is 14.5 Å². The topological polar surface area (TPSA) is 73.2 Å².